The van der Waals surface area contributed by atoms with Crippen molar-refractivity contribution >= 4 is 30.9 Å². The van der Waals surface area contributed by atoms with Crippen LogP contribution < -0.4 is 4.74 Å². The average Bonchev–Trinajstić information content (AvgIpc) is 2.86. The molecule has 0 bridgehead atoms. The number of fused-ring (bicyclic) bond motifs is 1. The lowest BCUT2D eigenvalue weighted by molar-refractivity contribution is 0.448. The van der Waals surface area contributed by atoms with Crippen LogP contribution in [0.5, 0.6) is 5.75 Å². The van der Waals surface area contributed by atoms with Gasteiger partial charge in [0, 0.05) is 5.56 Å². The van der Waals surface area contributed by atoms with Crippen molar-refractivity contribution < 1.29 is 14.8 Å². The molecule has 0 saturated carbocycles. The van der Waals surface area contributed by atoms with E-state index < -0.39 is 0 Å². The second-order valence-electron chi connectivity index (χ2n) is 3.62. The van der Waals surface area contributed by atoms with E-state index in [1.807, 2.05) is 36.4 Å². The molecule has 1 radical (unpaired) electrons. The van der Waals surface area contributed by atoms with Crippen LogP contribution in [0.2, 0.25) is 0 Å². The molecular formula is C14H12BO3S. The van der Waals surface area contributed by atoms with Gasteiger partial charge in [-0.2, -0.15) is 0 Å². The van der Waals surface area contributed by atoms with Crippen LogP contribution >= 0.6 is 11.3 Å². The maximum absolute atomic E-state index is 7.00. The molecule has 0 saturated heterocycles. The molecular weight excluding hydrogens is 259 g/mol. The summed E-state index contributed by atoms with van der Waals surface area (Å²) in [6.45, 7) is 0. The van der Waals surface area contributed by atoms with Gasteiger partial charge in [-0.1, -0.05) is 36.4 Å². The van der Waals surface area contributed by atoms with Crippen LogP contribution in [-0.2, 0) is 0 Å². The fourth-order valence-corrected chi connectivity index (χ4v) is 2.34. The Kier molecular flexibility index (Phi) is 4.97. The first kappa shape index (κ1) is 13.6. The number of thiophene rings is 1. The molecule has 1 aromatic carbocycles. The van der Waals surface area contributed by atoms with Gasteiger partial charge in [0.05, 0.1) is 4.88 Å². The first-order valence-electron chi connectivity index (χ1n) is 5.64. The number of hydrogen-bond acceptors (Lipinski definition) is 4. The minimum absolute atomic E-state index is 0. The average molecular weight is 271 g/mol. The van der Waals surface area contributed by atoms with Gasteiger partial charge in [-0.05, 0) is 23.6 Å². The number of hydrogen-bond donors (Lipinski definition) is 2. The minimum Gasteiger partial charge on any atom is -0.455 e. The molecule has 1 aliphatic rings. The Hall–Kier alpha value is -1.82. The first-order valence-corrected chi connectivity index (χ1v) is 6.52. The lowest BCUT2D eigenvalue weighted by Gasteiger charge is -2.08. The Labute approximate surface area is 116 Å². The summed E-state index contributed by atoms with van der Waals surface area (Å²) in [5.74, 6) is 1.83. The zero-order valence-electron chi connectivity index (χ0n) is 10.1. The normalized spacial score (nSPS) is 12.2. The summed E-state index contributed by atoms with van der Waals surface area (Å²) in [6.07, 6.45) is 6.10. The molecule has 1 aliphatic heterocycles. The van der Waals surface area contributed by atoms with E-state index in [-0.39, 0.29) is 7.69 Å². The van der Waals surface area contributed by atoms with Crippen LogP contribution in [0.3, 0.4) is 0 Å². The van der Waals surface area contributed by atoms with Gasteiger partial charge >= 0.3 is 7.69 Å². The monoisotopic (exact) mass is 271 g/mol. The van der Waals surface area contributed by atoms with Crippen molar-refractivity contribution in [2.45, 2.75) is 0 Å². The van der Waals surface area contributed by atoms with Gasteiger partial charge < -0.3 is 14.8 Å². The van der Waals surface area contributed by atoms with E-state index in [0.717, 1.165) is 21.9 Å². The molecule has 0 amide bonds. The molecule has 0 fully saturated rings. The van der Waals surface area contributed by atoms with Crippen molar-refractivity contribution in [2.24, 2.45) is 0 Å². The molecule has 2 heterocycles. The van der Waals surface area contributed by atoms with Crippen molar-refractivity contribution in [3.63, 3.8) is 0 Å². The topological polar surface area (TPSA) is 49.7 Å². The van der Waals surface area contributed by atoms with E-state index in [9.17, 15) is 0 Å². The summed E-state index contributed by atoms with van der Waals surface area (Å²) in [7, 11) is 0. The summed E-state index contributed by atoms with van der Waals surface area (Å²) < 4.78 is 5.91. The molecule has 0 spiro atoms. The molecule has 0 atom stereocenters. The van der Waals surface area contributed by atoms with Crippen LogP contribution in [0.1, 0.15) is 10.4 Å². The molecule has 5 heteroatoms. The van der Waals surface area contributed by atoms with E-state index in [2.05, 4.69) is 23.6 Å². The molecule has 3 rings (SSSR count). The van der Waals surface area contributed by atoms with Crippen LogP contribution in [0.15, 0.2) is 53.9 Å². The molecule has 0 unspecified atom stereocenters. The Morgan fingerprint density at radius 2 is 1.84 bits per heavy atom. The van der Waals surface area contributed by atoms with Gasteiger partial charge in [0.2, 0.25) is 0 Å². The maximum Gasteiger partial charge on any atom is 0.482 e. The van der Waals surface area contributed by atoms with Gasteiger partial charge in [-0.3, -0.25) is 0 Å². The van der Waals surface area contributed by atoms with E-state index in [4.69, 9.17) is 14.8 Å². The Balaban J connectivity index is 0.000000408. The lowest BCUT2D eigenvalue weighted by Crippen LogP contribution is -1.92. The number of allylic oxidation sites excluding steroid dienone is 2. The molecule has 19 heavy (non-hydrogen) atoms. The summed E-state index contributed by atoms with van der Waals surface area (Å²) in [5, 5.41) is 16.1. The van der Waals surface area contributed by atoms with Crippen LogP contribution in [0.4, 0.5) is 0 Å². The van der Waals surface area contributed by atoms with Gasteiger partial charge in [0.1, 0.15) is 11.5 Å². The summed E-state index contributed by atoms with van der Waals surface area (Å²) >= 11 is 1.69. The van der Waals surface area contributed by atoms with Crippen molar-refractivity contribution in [3.05, 3.63) is 64.4 Å². The lowest BCUT2D eigenvalue weighted by atomic mass is 10.2. The van der Waals surface area contributed by atoms with Crippen molar-refractivity contribution in [3.8, 4) is 5.75 Å². The minimum atomic E-state index is 0. The third-order valence-electron chi connectivity index (χ3n) is 2.43. The molecule has 2 N–H and O–H groups in total. The largest absolute Gasteiger partial charge is 0.482 e. The third-order valence-corrected chi connectivity index (χ3v) is 3.31. The highest BCUT2D eigenvalue weighted by molar-refractivity contribution is 7.11. The summed E-state index contributed by atoms with van der Waals surface area (Å²) in [6, 6.07) is 12.2. The Bertz CT molecular complexity index is 576. The highest BCUT2D eigenvalue weighted by atomic mass is 32.1. The molecule has 3 nitrogen and oxygen atoms in total. The van der Waals surface area contributed by atoms with E-state index in [1.165, 1.54) is 0 Å². The second kappa shape index (κ2) is 6.94. The van der Waals surface area contributed by atoms with Gasteiger partial charge in [0.15, 0.2) is 0 Å². The molecule has 2 aromatic rings. The molecule has 0 aliphatic carbocycles. The van der Waals surface area contributed by atoms with Crippen LogP contribution in [0.25, 0.3) is 11.8 Å². The third kappa shape index (κ3) is 3.57. The zero-order valence-corrected chi connectivity index (χ0v) is 10.9. The second-order valence-corrected chi connectivity index (χ2v) is 4.57. The quantitative estimate of drug-likeness (QED) is 0.784. The number of benzene rings is 1. The predicted octanol–water partition coefficient (Wildman–Crippen LogP) is 2.70. The van der Waals surface area contributed by atoms with Crippen LogP contribution in [-0.4, -0.2) is 17.7 Å². The number of ether oxygens (including phenoxy) is 1. The smallest absolute Gasteiger partial charge is 0.455 e. The zero-order chi connectivity index (χ0) is 13.5. The number of rotatable bonds is 1. The van der Waals surface area contributed by atoms with Crippen molar-refractivity contribution in [1.82, 2.24) is 0 Å². The highest BCUT2D eigenvalue weighted by Gasteiger charge is 2.09. The number of para-hydroxylation sites is 1. The van der Waals surface area contributed by atoms with E-state index >= 15 is 0 Å². The Morgan fingerprint density at radius 1 is 1.05 bits per heavy atom. The maximum atomic E-state index is 7.00. The SMILES string of the molecule is C1=Cc2ccccc2OC(c2cccs2)=C1.O[B]O. The fraction of sp³-hybridized carbons (Fsp3) is 0. The van der Waals surface area contributed by atoms with Gasteiger partial charge in [-0.15, -0.1) is 11.3 Å². The van der Waals surface area contributed by atoms with E-state index in [0.29, 0.717) is 0 Å². The van der Waals surface area contributed by atoms with Crippen molar-refractivity contribution in [2.75, 3.05) is 0 Å². The first-order chi connectivity index (χ1) is 9.35. The van der Waals surface area contributed by atoms with Gasteiger partial charge in [-0.25, -0.2) is 0 Å². The summed E-state index contributed by atoms with van der Waals surface area (Å²) in [5.41, 5.74) is 1.12. The Morgan fingerprint density at radius 3 is 2.58 bits per heavy atom. The predicted molar refractivity (Wildman–Crippen MR) is 78.6 cm³/mol. The van der Waals surface area contributed by atoms with E-state index in [1.54, 1.807) is 11.3 Å². The van der Waals surface area contributed by atoms with Gasteiger partial charge in [0.25, 0.3) is 0 Å². The standard InChI is InChI=1S/C14H10OS.BH2O2/c1-2-7-12-11(5-1)6-3-8-13(15-12)14-9-4-10-16-14;2-1-3/h1-10H;2-3H. The van der Waals surface area contributed by atoms with Crippen LogP contribution in [0, 0.1) is 0 Å². The summed E-state index contributed by atoms with van der Waals surface area (Å²) in [4.78, 5) is 1.15. The molecule has 95 valence electrons. The highest BCUT2D eigenvalue weighted by Crippen LogP contribution is 2.30. The molecule has 1 aromatic heterocycles. The fourth-order valence-electron chi connectivity index (χ4n) is 1.65. The van der Waals surface area contributed by atoms with Crippen molar-refractivity contribution in [1.29, 1.82) is 0 Å².